The molecular weight excluding hydrogens is 347 g/mol. The maximum atomic E-state index is 13.7. The number of para-hydroxylation sites is 1. The predicted octanol–water partition coefficient (Wildman–Crippen LogP) is 4.56. The molecule has 6 heteroatoms. The van der Waals surface area contributed by atoms with Crippen LogP contribution in [-0.4, -0.2) is 19.1 Å². The second kappa shape index (κ2) is 9.97. The number of hydrogen-bond donors (Lipinski definition) is 1. The molecule has 2 aromatic carbocycles. The third kappa shape index (κ3) is 5.58. The van der Waals surface area contributed by atoms with Crippen LogP contribution >= 0.6 is 0 Å². The number of rotatable bonds is 8. The second-order valence-electron chi connectivity index (χ2n) is 5.59. The highest BCUT2D eigenvalue weighted by atomic mass is 19.1. The van der Waals surface area contributed by atoms with E-state index in [1.807, 2.05) is 19.9 Å². The Morgan fingerprint density at radius 3 is 2.63 bits per heavy atom. The van der Waals surface area contributed by atoms with Gasteiger partial charge >= 0.3 is 0 Å². The number of halogens is 1. The first-order valence-electron chi connectivity index (χ1n) is 8.66. The van der Waals surface area contributed by atoms with E-state index >= 15 is 0 Å². The first-order chi connectivity index (χ1) is 13.1. The van der Waals surface area contributed by atoms with Crippen molar-refractivity contribution in [3.63, 3.8) is 0 Å². The summed E-state index contributed by atoms with van der Waals surface area (Å²) >= 11 is 0. The molecule has 0 saturated heterocycles. The summed E-state index contributed by atoms with van der Waals surface area (Å²) in [7, 11) is 0. The van der Waals surface area contributed by atoms with Crippen LogP contribution in [0.3, 0.4) is 0 Å². The fourth-order valence-corrected chi connectivity index (χ4v) is 2.28. The molecule has 0 bridgehead atoms. The largest absolute Gasteiger partial charge is 0.490 e. The van der Waals surface area contributed by atoms with E-state index in [1.165, 1.54) is 24.3 Å². The Kier molecular flexibility index (Phi) is 7.38. The Morgan fingerprint density at radius 1 is 1.19 bits per heavy atom. The number of ether oxygens (including phenoxy) is 2. The zero-order valence-corrected chi connectivity index (χ0v) is 15.3. The molecule has 0 fully saturated rings. The fourth-order valence-electron chi connectivity index (χ4n) is 2.28. The van der Waals surface area contributed by atoms with E-state index < -0.39 is 11.7 Å². The van der Waals surface area contributed by atoms with Crippen LogP contribution in [0.25, 0.3) is 6.08 Å². The number of amides is 1. The Labute approximate surface area is 158 Å². The lowest BCUT2D eigenvalue weighted by Crippen LogP contribution is -2.14. The summed E-state index contributed by atoms with van der Waals surface area (Å²) in [6, 6.07) is 12.8. The van der Waals surface area contributed by atoms with E-state index in [0.29, 0.717) is 30.3 Å². The molecule has 5 nitrogen and oxygen atoms in total. The topological polar surface area (TPSA) is 71.3 Å². The van der Waals surface area contributed by atoms with Gasteiger partial charge in [-0.05, 0) is 49.2 Å². The Bertz CT molecular complexity index is 872. The summed E-state index contributed by atoms with van der Waals surface area (Å²) in [5.41, 5.74) is 0.465. The van der Waals surface area contributed by atoms with Crippen LogP contribution < -0.4 is 14.8 Å². The van der Waals surface area contributed by atoms with Crippen LogP contribution in [0, 0.1) is 17.1 Å². The first kappa shape index (κ1) is 20.0. The zero-order valence-electron chi connectivity index (χ0n) is 15.3. The third-order valence-electron chi connectivity index (χ3n) is 3.53. The Balaban J connectivity index is 2.25. The summed E-state index contributed by atoms with van der Waals surface area (Å²) < 4.78 is 24.9. The van der Waals surface area contributed by atoms with Crippen LogP contribution in [-0.2, 0) is 4.79 Å². The van der Waals surface area contributed by atoms with E-state index in [0.717, 1.165) is 6.42 Å². The lowest BCUT2D eigenvalue weighted by atomic mass is 10.1. The number of carbonyl (C=O) groups is 1. The number of benzene rings is 2. The molecule has 0 saturated carbocycles. The van der Waals surface area contributed by atoms with Crippen molar-refractivity contribution in [1.82, 2.24) is 0 Å². The lowest BCUT2D eigenvalue weighted by Gasteiger charge is -2.12. The number of nitrogens with one attached hydrogen (secondary N) is 1. The van der Waals surface area contributed by atoms with Crippen molar-refractivity contribution in [1.29, 1.82) is 5.26 Å². The highest BCUT2D eigenvalue weighted by Crippen LogP contribution is 2.29. The summed E-state index contributed by atoms with van der Waals surface area (Å²) in [5, 5.41) is 11.7. The lowest BCUT2D eigenvalue weighted by molar-refractivity contribution is -0.112. The number of hydrogen-bond acceptors (Lipinski definition) is 4. The molecule has 0 heterocycles. The molecule has 0 aromatic heterocycles. The first-order valence-corrected chi connectivity index (χ1v) is 8.66. The molecule has 0 radical (unpaired) electrons. The van der Waals surface area contributed by atoms with Gasteiger partial charge in [-0.15, -0.1) is 0 Å². The second-order valence-corrected chi connectivity index (χ2v) is 5.59. The van der Waals surface area contributed by atoms with Crippen molar-refractivity contribution in [2.24, 2.45) is 0 Å². The predicted molar refractivity (Wildman–Crippen MR) is 102 cm³/mol. The van der Waals surface area contributed by atoms with Gasteiger partial charge in [0, 0.05) is 0 Å². The van der Waals surface area contributed by atoms with E-state index in [2.05, 4.69) is 5.32 Å². The standard InChI is InChI=1S/C21H21FN2O3/c1-3-11-27-19-10-9-15(13-20(19)26-4-2)12-16(14-23)21(25)24-18-8-6-5-7-17(18)22/h5-10,12-13H,3-4,11H2,1-2H3,(H,24,25)/b16-12+. The molecule has 0 aliphatic carbocycles. The highest BCUT2D eigenvalue weighted by Gasteiger charge is 2.13. The van der Waals surface area contributed by atoms with Gasteiger partial charge in [0.2, 0.25) is 0 Å². The van der Waals surface area contributed by atoms with E-state index in [4.69, 9.17) is 9.47 Å². The van der Waals surface area contributed by atoms with E-state index in [1.54, 1.807) is 24.3 Å². The van der Waals surface area contributed by atoms with Crippen molar-refractivity contribution in [3.05, 3.63) is 59.4 Å². The van der Waals surface area contributed by atoms with Gasteiger partial charge in [0.15, 0.2) is 11.5 Å². The van der Waals surface area contributed by atoms with Gasteiger partial charge in [-0.3, -0.25) is 4.79 Å². The Hall–Kier alpha value is -3.33. The molecule has 0 spiro atoms. The van der Waals surface area contributed by atoms with Gasteiger partial charge in [-0.25, -0.2) is 4.39 Å². The molecule has 27 heavy (non-hydrogen) atoms. The van der Waals surface area contributed by atoms with Gasteiger partial charge in [-0.2, -0.15) is 5.26 Å². The molecule has 0 unspecified atom stereocenters. The van der Waals surface area contributed by atoms with Crippen molar-refractivity contribution >= 4 is 17.7 Å². The molecule has 1 N–H and O–H groups in total. The minimum Gasteiger partial charge on any atom is -0.490 e. The van der Waals surface area contributed by atoms with Crippen LogP contribution in [0.1, 0.15) is 25.8 Å². The Morgan fingerprint density at radius 2 is 1.96 bits per heavy atom. The van der Waals surface area contributed by atoms with Crippen molar-refractivity contribution in [3.8, 4) is 17.6 Å². The van der Waals surface area contributed by atoms with Crippen molar-refractivity contribution < 1.29 is 18.7 Å². The molecule has 2 aromatic rings. The average Bonchev–Trinajstić information content (AvgIpc) is 2.67. The number of anilines is 1. The maximum absolute atomic E-state index is 13.7. The summed E-state index contributed by atoms with van der Waals surface area (Å²) in [6.07, 6.45) is 2.28. The molecule has 0 atom stereocenters. The summed E-state index contributed by atoms with van der Waals surface area (Å²) in [5.74, 6) is -0.122. The third-order valence-corrected chi connectivity index (χ3v) is 3.53. The molecule has 2 rings (SSSR count). The van der Waals surface area contributed by atoms with Gasteiger partial charge in [-0.1, -0.05) is 25.1 Å². The monoisotopic (exact) mass is 368 g/mol. The van der Waals surface area contributed by atoms with E-state index in [9.17, 15) is 14.4 Å². The average molecular weight is 368 g/mol. The quantitative estimate of drug-likeness (QED) is 0.548. The highest BCUT2D eigenvalue weighted by molar-refractivity contribution is 6.09. The summed E-state index contributed by atoms with van der Waals surface area (Å²) in [6.45, 7) is 4.87. The van der Waals surface area contributed by atoms with Crippen LogP contribution in [0.4, 0.5) is 10.1 Å². The van der Waals surface area contributed by atoms with Crippen LogP contribution in [0.2, 0.25) is 0 Å². The van der Waals surface area contributed by atoms with Crippen LogP contribution in [0.5, 0.6) is 11.5 Å². The number of nitrogens with zero attached hydrogens (tertiary/aromatic N) is 1. The van der Waals surface area contributed by atoms with Crippen molar-refractivity contribution in [2.45, 2.75) is 20.3 Å². The molecule has 0 aliphatic rings. The zero-order chi connectivity index (χ0) is 19.6. The van der Waals surface area contributed by atoms with Gasteiger partial charge in [0.25, 0.3) is 5.91 Å². The van der Waals surface area contributed by atoms with Gasteiger partial charge in [0.1, 0.15) is 17.5 Å². The normalized spacial score (nSPS) is 10.8. The van der Waals surface area contributed by atoms with Gasteiger partial charge < -0.3 is 14.8 Å². The minimum absolute atomic E-state index is 0.0157. The smallest absolute Gasteiger partial charge is 0.266 e. The van der Waals surface area contributed by atoms with Gasteiger partial charge in [0.05, 0.1) is 18.9 Å². The SMILES string of the molecule is CCCOc1ccc(/C=C(\C#N)C(=O)Nc2ccccc2F)cc1OCC. The number of carbonyl (C=O) groups excluding carboxylic acids is 1. The van der Waals surface area contributed by atoms with E-state index in [-0.39, 0.29) is 11.3 Å². The molecule has 1 amide bonds. The minimum atomic E-state index is -0.688. The summed E-state index contributed by atoms with van der Waals surface area (Å²) in [4.78, 5) is 12.3. The van der Waals surface area contributed by atoms with Crippen molar-refractivity contribution in [2.75, 3.05) is 18.5 Å². The number of nitriles is 1. The fraction of sp³-hybridized carbons (Fsp3) is 0.238. The molecule has 140 valence electrons. The molecular formula is C21H21FN2O3. The molecule has 0 aliphatic heterocycles. The maximum Gasteiger partial charge on any atom is 0.266 e. The van der Waals surface area contributed by atoms with Crippen LogP contribution in [0.15, 0.2) is 48.0 Å².